The normalized spacial score (nSPS) is 10.5. The van der Waals surface area contributed by atoms with Crippen molar-refractivity contribution in [3.63, 3.8) is 0 Å². The van der Waals surface area contributed by atoms with E-state index in [2.05, 4.69) is 10.4 Å². The summed E-state index contributed by atoms with van der Waals surface area (Å²) in [6.07, 6.45) is 0.811. The smallest absolute Gasteiger partial charge is 0.404 e. The van der Waals surface area contributed by atoms with E-state index in [1.54, 1.807) is 18.9 Å². The average molecular weight is 367 g/mol. The number of aromatic nitrogens is 2. The van der Waals surface area contributed by atoms with Crippen molar-refractivity contribution >= 4 is 6.09 Å². The SMILES string of the molecule is COc1ccc(-c2ccn(-c3ccc(C)c(CNC(=O)O)c3)n2)c(OC)c1. The van der Waals surface area contributed by atoms with Crippen LogP contribution in [0, 0.1) is 6.92 Å². The number of amides is 1. The van der Waals surface area contributed by atoms with Gasteiger partial charge in [0.15, 0.2) is 0 Å². The van der Waals surface area contributed by atoms with E-state index in [0.29, 0.717) is 11.5 Å². The standard InChI is InChI=1S/C20H21N3O4/c1-13-4-5-15(10-14(13)12-21-20(24)25)23-9-8-18(22-23)17-7-6-16(26-2)11-19(17)27-3/h4-11,21H,12H2,1-3H3,(H,24,25). The number of aryl methyl sites for hydroxylation is 1. The van der Waals surface area contributed by atoms with Crippen molar-refractivity contribution in [3.05, 3.63) is 59.8 Å². The number of nitrogens with one attached hydrogen (secondary N) is 1. The van der Waals surface area contributed by atoms with Crippen LogP contribution in [0.15, 0.2) is 48.7 Å². The molecule has 2 aromatic carbocycles. The quantitative estimate of drug-likeness (QED) is 0.695. The Hall–Kier alpha value is -3.48. The van der Waals surface area contributed by atoms with E-state index in [9.17, 15) is 4.79 Å². The molecule has 1 aromatic heterocycles. The van der Waals surface area contributed by atoms with E-state index in [4.69, 9.17) is 14.6 Å². The van der Waals surface area contributed by atoms with Gasteiger partial charge in [-0.1, -0.05) is 6.07 Å². The minimum atomic E-state index is -1.05. The summed E-state index contributed by atoms with van der Waals surface area (Å²) < 4.78 is 12.4. The fourth-order valence-electron chi connectivity index (χ4n) is 2.78. The Morgan fingerprint density at radius 2 is 1.96 bits per heavy atom. The van der Waals surface area contributed by atoms with Gasteiger partial charge in [0.1, 0.15) is 11.5 Å². The van der Waals surface area contributed by atoms with E-state index < -0.39 is 6.09 Å². The maximum atomic E-state index is 10.8. The van der Waals surface area contributed by atoms with Gasteiger partial charge >= 0.3 is 6.09 Å². The van der Waals surface area contributed by atoms with Crippen LogP contribution in [0.3, 0.4) is 0 Å². The molecular formula is C20H21N3O4. The summed E-state index contributed by atoms with van der Waals surface area (Å²) in [5, 5.41) is 15.9. The van der Waals surface area contributed by atoms with Gasteiger partial charge in [0.25, 0.3) is 0 Å². The maximum Gasteiger partial charge on any atom is 0.404 e. The summed E-state index contributed by atoms with van der Waals surface area (Å²) >= 11 is 0. The van der Waals surface area contributed by atoms with Gasteiger partial charge in [-0.2, -0.15) is 5.10 Å². The lowest BCUT2D eigenvalue weighted by Gasteiger charge is -2.10. The van der Waals surface area contributed by atoms with Gasteiger partial charge in [0.05, 0.1) is 25.6 Å². The topological polar surface area (TPSA) is 85.6 Å². The van der Waals surface area contributed by atoms with Gasteiger partial charge in [-0.05, 0) is 48.4 Å². The Balaban J connectivity index is 1.92. The molecule has 7 heteroatoms. The van der Waals surface area contributed by atoms with Gasteiger partial charge in [-0.15, -0.1) is 0 Å². The lowest BCUT2D eigenvalue weighted by Crippen LogP contribution is -2.20. The van der Waals surface area contributed by atoms with E-state index >= 15 is 0 Å². The average Bonchev–Trinajstić information content (AvgIpc) is 3.16. The molecule has 27 heavy (non-hydrogen) atoms. The molecule has 0 saturated carbocycles. The molecule has 0 unspecified atom stereocenters. The lowest BCUT2D eigenvalue weighted by molar-refractivity contribution is 0.194. The summed E-state index contributed by atoms with van der Waals surface area (Å²) in [6.45, 7) is 2.19. The highest BCUT2D eigenvalue weighted by Crippen LogP contribution is 2.32. The highest BCUT2D eigenvalue weighted by atomic mass is 16.5. The van der Waals surface area contributed by atoms with Gasteiger partial charge in [0, 0.05) is 24.4 Å². The summed E-state index contributed by atoms with van der Waals surface area (Å²) in [5.74, 6) is 1.39. The maximum absolute atomic E-state index is 10.8. The zero-order valence-corrected chi connectivity index (χ0v) is 15.4. The number of carbonyl (C=O) groups is 1. The zero-order chi connectivity index (χ0) is 19.4. The summed E-state index contributed by atoms with van der Waals surface area (Å²) in [6, 6.07) is 13.3. The third kappa shape index (κ3) is 4.03. The van der Waals surface area contributed by atoms with E-state index in [0.717, 1.165) is 28.1 Å². The molecule has 1 amide bonds. The number of carboxylic acid groups (broad SMARTS) is 1. The molecule has 0 bridgehead atoms. The first kappa shape index (κ1) is 18.3. The largest absolute Gasteiger partial charge is 0.497 e. The van der Waals surface area contributed by atoms with E-state index in [-0.39, 0.29) is 6.54 Å². The second-order valence-corrected chi connectivity index (χ2v) is 5.98. The molecule has 3 aromatic rings. The number of benzene rings is 2. The number of hydrogen-bond donors (Lipinski definition) is 2. The summed E-state index contributed by atoms with van der Waals surface area (Å²) in [5.41, 5.74) is 4.38. The number of methoxy groups -OCH3 is 2. The molecule has 0 spiro atoms. The van der Waals surface area contributed by atoms with Crippen molar-refractivity contribution in [2.24, 2.45) is 0 Å². The number of nitrogens with zero attached hydrogens (tertiary/aromatic N) is 2. The van der Waals surface area contributed by atoms with Gasteiger partial charge in [0.2, 0.25) is 0 Å². The van der Waals surface area contributed by atoms with Crippen LogP contribution in [0.4, 0.5) is 4.79 Å². The van der Waals surface area contributed by atoms with Crippen molar-refractivity contribution in [2.45, 2.75) is 13.5 Å². The van der Waals surface area contributed by atoms with Crippen molar-refractivity contribution < 1.29 is 19.4 Å². The highest BCUT2D eigenvalue weighted by Gasteiger charge is 2.12. The number of hydrogen-bond acceptors (Lipinski definition) is 4. The minimum absolute atomic E-state index is 0.245. The first-order valence-corrected chi connectivity index (χ1v) is 8.36. The Morgan fingerprint density at radius 3 is 2.67 bits per heavy atom. The van der Waals surface area contributed by atoms with Crippen LogP contribution in [0.2, 0.25) is 0 Å². The Morgan fingerprint density at radius 1 is 1.15 bits per heavy atom. The predicted octanol–water partition coefficient (Wildman–Crippen LogP) is 3.63. The zero-order valence-electron chi connectivity index (χ0n) is 15.4. The molecule has 0 atom stereocenters. The molecule has 7 nitrogen and oxygen atoms in total. The molecule has 0 aliphatic heterocycles. The molecule has 140 valence electrons. The van der Waals surface area contributed by atoms with Crippen LogP contribution in [-0.2, 0) is 6.54 Å². The molecule has 3 rings (SSSR count). The number of ether oxygens (including phenoxy) is 2. The Bertz CT molecular complexity index is 966. The van der Waals surface area contributed by atoms with Gasteiger partial charge in [-0.25, -0.2) is 9.48 Å². The van der Waals surface area contributed by atoms with Crippen molar-refractivity contribution in [3.8, 4) is 28.4 Å². The predicted molar refractivity (Wildman–Crippen MR) is 102 cm³/mol. The third-order valence-corrected chi connectivity index (χ3v) is 4.30. The minimum Gasteiger partial charge on any atom is -0.497 e. The van der Waals surface area contributed by atoms with Gasteiger partial charge < -0.3 is 19.9 Å². The molecule has 0 radical (unpaired) electrons. The summed E-state index contributed by atoms with van der Waals surface area (Å²) in [4.78, 5) is 10.8. The molecule has 0 aliphatic carbocycles. The monoisotopic (exact) mass is 367 g/mol. The first-order chi connectivity index (χ1) is 13.0. The molecule has 0 aliphatic rings. The van der Waals surface area contributed by atoms with E-state index in [1.165, 1.54) is 0 Å². The highest BCUT2D eigenvalue weighted by molar-refractivity contribution is 5.68. The lowest BCUT2D eigenvalue weighted by atomic mass is 10.1. The molecule has 0 saturated heterocycles. The fourth-order valence-corrected chi connectivity index (χ4v) is 2.78. The third-order valence-electron chi connectivity index (χ3n) is 4.30. The van der Waals surface area contributed by atoms with Crippen LogP contribution in [-0.4, -0.2) is 35.2 Å². The fraction of sp³-hybridized carbons (Fsp3) is 0.200. The van der Waals surface area contributed by atoms with Crippen LogP contribution in [0.25, 0.3) is 16.9 Å². The Labute approximate surface area is 157 Å². The second-order valence-electron chi connectivity index (χ2n) is 5.98. The molecule has 1 heterocycles. The van der Waals surface area contributed by atoms with Crippen LogP contribution >= 0.6 is 0 Å². The molecule has 0 fully saturated rings. The number of rotatable bonds is 6. The Kier molecular flexibility index (Phi) is 5.30. The van der Waals surface area contributed by atoms with Crippen LogP contribution in [0.5, 0.6) is 11.5 Å². The van der Waals surface area contributed by atoms with Crippen molar-refractivity contribution in [1.82, 2.24) is 15.1 Å². The first-order valence-electron chi connectivity index (χ1n) is 8.36. The summed E-state index contributed by atoms with van der Waals surface area (Å²) in [7, 11) is 3.22. The second kappa shape index (κ2) is 7.82. The molecule has 2 N–H and O–H groups in total. The molecular weight excluding hydrogens is 346 g/mol. The van der Waals surface area contributed by atoms with Crippen LogP contribution < -0.4 is 14.8 Å². The van der Waals surface area contributed by atoms with Gasteiger partial charge in [-0.3, -0.25) is 0 Å². The van der Waals surface area contributed by atoms with Crippen molar-refractivity contribution in [2.75, 3.05) is 14.2 Å². The van der Waals surface area contributed by atoms with E-state index in [1.807, 2.05) is 55.6 Å². The van der Waals surface area contributed by atoms with Crippen LogP contribution in [0.1, 0.15) is 11.1 Å². The van der Waals surface area contributed by atoms with Crippen molar-refractivity contribution in [1.29, 1.82) is 0 Å².